The summed E-state index contributed by atoms with van der Waals surface area (Å²) >= 11 is 1.36. The number of carbonyl (C=O) groups excluding carboxylic acids is 2. The van der Waals surface area contributed by atoms with Gasteiger partial charge in [-0.15, -0.1) is 0 Å². The molecule has 0 radical (unpaired) electrons. The summed E-state index contributed by atoms with van der Waals surface area (Å²) < 4.78 is 10.5. The van der Waals surface area contributed by atoms with Crippen LogP contribution in [0.5, 0.6) is 0 Å². The number of hydrogen-bond acceptors (Lipinski definition) is 8. The monoisotopic (exact) mass is 480 g/mol. The number of hydrogen-bond donors (Lipinski definition) is 0. The van der Waals surface area contributed by atoms with Crippen LogP contribution in [0, 0.1) is 0 Å². The number of aromatic nitrogens is 2. The van der Waals surface area contributed by atoms with Gasteiger partial charge in [-0.05, 0) is 25.1 Å². The molecule has 1 aliphatic heterocycles. The van der Waals surface area contributed by atoms with E-state index >= 15 is 0 Å². The second kappa shape index (κ2) is 11.9. The van der Waals surface area contributed by atoms with Crippen molar-refractivity contribution in [1.29, 1.82) is 0 Å². The van der Waals surface area contributed by atoms with Crippen LogP contribution in [-0.2, 0) is 25.6 Å². The molecule has 2 aromatic carbocycles. The minimum Gasteiger partial charge on any atom is -0.465 e. The lowest BCUT2D eigenvalue weighted by atomic mass is 10.2. The lowest BCUT2D eigenvalue weighted by molar-refractivity contribution is -0.142. The number of esters is 1. The number of ether oxygens (including phenoxy) is 2. The Morgan fingerprint density at radius 3 is 2.56 bits per heavy atom. The highest BCUT2D eigenvalue weighted by Gasteiger charge is 2.21. The van der Waals surface area contributed by atoms with E-state index in [1.54, 1.807) is 6.92 Å². The third-order valence-electron chi connectivity index (χ3n) is 5.38. The molecule has 0 saturated carbocycles. The number of para-hydroxylation sites is 2. The molecule has 1 aliphatic rings. The predicted molar refractivity (Wildman–Crippen MR) is 132 cm³/mol. The number of amides is 1. The van der Waals surface area contributed by atoms with Crippen LogP contribution < -0.4 is 4.90 Å². The fraction of sp³-hybridized carbons (Fsp3) is 0.360. The molecule has 1 aromatic heterocycles. The predicted octanol–water partition coefficient (Wildman–Crippen LogP) is 3.15. The molecule has 1 fully saturated rings. The Morgan fingerprint density at radius 2 is 1.79 bits per heavy atom. The summed E-state index contributed by atoms with van der Waals surface area (Å²) in [6.07, 6.45) is 0. The summed E-state index contributed by atoms with van der Waals surface area (Å²) in [6.45, 7) is 5.62. The van der Waals surface area contributed by atoms with Crippen molar-refractivity contribution in [2.45, 2.75) is 18.5 Å². The van der Waals surface area contributed by atoms with Crippen molar-refractivity contribution in [1.82, 2.24) is 14.9 Å². The molecule has 2 heterocycles. The van der Waals surface area contributed by atoms with Gasteiger partial charge in [-0.3, -0.25) is 14.5 Å². The zero-order valence-electron chi connectivity index (χ0n) is 19.2. The summed E-state index contributed by atoms with van der Waals surface area (Å²) in [5.74, 6) is 0.223. The Kier molecular flexibility index (Phi) is 8.46. The Bertz CT molecular complexity index is 1120. The largest absolute Gasteiger partial charge is 0.465 e. The van der Waals surface area contributed by atoms with E-state index < -0.39 is 5.97 Å². The first-order valence-electron chi connectivity index (χ1n) is 11.3. The van der Waals surface area contributed by atoms with Gasteiger partial charge in [0.1, 0.15) is 17.4 Å². The van der Waals surface area contributed by atoms with Gasteiger partial charge < -0.3 is 14.4 Å². The molecular weight excluding hydrogens is 452 g/mol. The van der Waals surface area contributed by atoms with E-state index in [0.29, 0.717) is 25.4 Å². The van der Waals surface area contributed by atoms with Gasteiger partial charge in [0.15, 0.2) is 0 Å². The van der Waals surface area contributed by atoms with Crippen LogP contribution in [-0.4, -0.2) is 72.0 Å². The summed E-state index contributed by atoms with van der Waals surface area (Å²) in [6, 6.07) is 17.0. The minimum atomic E-state index is -0.440. The number of thioether (sulfide) groups is 1. The maximum Gasteiger partial charge on any atom is 0.326 e. The number of anilines is 1. The van der Waals surface area contributed by atoms with Crippen LogP contribution in [0.15, 0.2) is 59.6 Å². The number of rotatable bonds is 9. The summed E-state index contributed by atoms with van der Waals surface area (Å²) in [7, 11) is 0. The number of morpholine rings is 1. The molecule has 4 rings (SSSR count). The van der Waals surface area contributed by atoms with Crippen LogP contribution in [0.4, 0.5) is 5.69 Å². The van der Waals surface area contributed by atoms with E-state index in [4.69, 9.17) is 19.4 Å². The maximum atomic E-state index is 13.2. The van der Waals surface area contributed by atoms with Gasteiger partial charge in [0.2, 0.25) is 5.91 Å². The Hall–Kier alpha value is -3.01. The molecule has 8 nitrogen and oxygen atoms in total. The van der Waals surface area contributed by atoms with Gasteiger partial charge in [-0.25, -0.2) is 9.97 Å². The lowest BCUT2D eigenvalue weighted by Gasteiger charge is -2.26. The molecule has 178 valence electrons. The molecule has 3 aromatic rings. The zero-order chi connectivity index (χ0) is 23.8. The van der Waals surface area contributed by atoms with Crippen LogP contribution in [0.1, 0.15) is 12.7 Å². The highest BCUT2D eigenvalue weighted by atomic mass is 32.2. The normalized spacial score (nSPS) is 14.1. The SMILES string of the molecule is CCOC(=O)CN(C(=O)CSc1nc(CN2CCOCC2)nc2ccccc12)c1ccccc1. The minimum absolute atomic E-state index is 0.131. The molecule has 0 unspecified atom stereocenters. The van der Waals surface area contributed by atoms with Gasteiger partial charge in [-0.2, -0.15) is 0 Å². The first-order valence-corrected chi connectivity index (χ1v) is 12.3. The van der Waals surface area contributed by atoms with Crippen LogP contribution in [0.2, 0.25) is 0 Å². The molecule has 1 saturated heterocycles. The smallest absolute Gasteiger partial charge is 0.326 e. The fourth-order valence-electron chi connectivity index (χ4n) is 3.71. The van der Waals surface area contributed by atoms with E-state index in [1.807, 2.05) is 54.6 Å². The Balaban J connectivity index is 1.53. The van der Waals surface area contributed by atoms with E-state index in [1.165, 1.54) is 16.7 Å². The molecule has 0 atom stereocenters. The molecular formula is C25H28N4O4S. The standard InChI is InChI=1S/C25H28N4O4S/c1-2-33-24(31)17-29(19-8-4-3-5-9-19)23(30)18-34-25-20-10-6-7-11-21(20)26-22(27-25)16-28-12-14-32-15-13-28/h3-11H,2,12-18H2,1H3. The fourth-order valence-corrected chi connectivity index (χ4v) is 4.62. The maximum absolute atomic E-state index is 13.2. The van der Waals surface area contributed by atoms with E-state index in [2.05, 4.69) is 4.90 Å². The lowest BCUT2D eigenvalue weighted by Crippen LogP contribution is -2.37. The first kappa shape index (κ1) is 24.1. The van der Waals surface area contributed by atoms with Crippen molar-refractivity contribution in [2.24, 2.45) is 0 Å². The van der Waals surface area contributed by atoms with Crippen molar-refractivity contribution in [3.63, 3.8) is 0 Å². The number of fused-ring (bicyclic) bond motifs is 1. The average Bonchev–Trinajstić information content (AvgIpc) is 2.87. The molecule has 1 amide bonds. The second-order valence-electron chi connectivity index (χ2n) is 7.76. The Labute approximate surface area is 203 Å². The first-order chi connectivity index (χ1) is 16.6. The molecule has 0 spiro atoms. The average molecular weight is 481 g/mol. The highest BCUT2D eigenvalue weighted by molar-refractivity contribution is 8.00. The van der Waals surface area contributed by atoms with Crippen LogP contribution in [0.25, 0.3) is 10.9 Å². The van der Waals surface area contributed by atoms with Gasteiger partial charge in [-0.1, -0.05) is 48.2 Å². The molecule has 0 N–H and O–H groups in total. The summed E-state index contributed by atoms with van der Waals surface area (Å²) in [5, 5.41) is 1.66. The van der Waals surface area contributed by atoms with Crippen molar-refractivity contribution in [3.05, 3.63) is 60.4 Å². The van der Waals surface area contributed by atoms with Crippen molar-refractivity contribution in [3.8, 4) is 0 Å². The van der Waals surface area contributed by atoms with Crippen molar-refractivity contribution in [2.75, 3.05) is 50.1 Å². The highest BCUT2D eigenvalue weighted by Crippen LogP contribution is 2.27. The van der Waals surface area contributed by atoms with Crippen molar-refractivity contribution < 1.29 is 19.1 Å². The number of carbonyl (C=O) groups is 2. The van der Waals surface area contributed by atoms with E-state index in [9.17, 15) is 9.59 Å². The quantitative estimate of drug-likeness (QED) is 0.262. The van der Waals surface area contributed by atoms with Gasteiger partial charge in [0.25, 0.3) is 0 Å². The van der Waals surface area contributed by atoms with E-state index in [0.717, 1.165) is 34.8 Å². The number of benzene rings is 2. The summed E-state index contributed by atoms with van der Waals surface area (Å²) in [4.78, 5) is 38.6. The van der Waals surface area contributed by atoms with Crippen LogP contribution >= 0.6 is 11.8 Å². The summed E-state index contributed by atoms with van der Waals surface area (Å²) in [5.41, 5.74) is 1.50. The van der Waals surface area contributed by atoms with Gasteiger partial charge in [0, 0.05) is 24.2 Å². The van der Waals surface area contributed by atoms with Crippen molar-refractivity contribution >= 4 is 40.2 Å². The molecule has 9 heteroatoms. The van der Waals surface area contributed by atoms with Crippen LogP contribution in [0.3, 0.4) is 0 Å². The topological polar surface area (TPSA) is 84.9 Å². The second-order valence-corrected chi connectivity index (χ2v) is 8.72. The van der Waals surface area contributed by atoms with E-state index in [-0.39, 0.29) is 24.8 Å². The third-order valence-corrected chi connectivity index (χ3v) is 6.35. The molecule has 0 aliphatic carbocycles. The Morgan fingerprint density at radius 1 is 1.06 bits per heavy atom. The van der Waals surface area contributed by atoms with Gasteiger partial charge in [0.05, 0.1) is 37.6 Å². The zero-order valence-corrected chi connectivity index (χ0v) is 20.0. The van der Waals surface area contributed by atoms with Gasteiger partial charge >= 0.3 is 5.97 Å². The number of nitrogens with zero attached hydrogens (tertiary/aromatic N) is 4. The molecule has 0 bridgehead atoms. The third kappa shape index (κ3) is 6.31. The molecule has 34 heavy (non-hydrogen) atoms.